The summed E-state index contributed by atoms with van der Waals surface area (Å²) in [5.41, 5.74) is 8.08. The number of thiocarbonyl (C=S) groups is 1. The molecule has 0 aliphatic heterocycles. The van der Waals surface area contributed by atoms with E-state index in [2.05, 4.69) is 11.9 Å². The molecule has 1 atom stereocenters. The molecular formula is C14H16N2OS. The van der Waals surface area contributed by atoms with E-state index in [4.69, 9.17) is 18.0 Å². The molecule has 2 rings (SSSR count). The van der Waals surface area contributed by atoms with Gasteiger partial charge < -0.3 is 11.1 Å². The van der Waals surface area contributed by atoms with Crippen LogP contribution < -0.4 is 11.1 Å². The van der Waals surface area contributed by atoms with Crippen molar-refractivity contribution in [3.05, 3.63) is 47.7 Å². The lowest BCUT2D eigenvalue weighted by molar-refractivity contribution is 0.0900. The fourth-order valence-corrected chi connectivity index (χ4v) is 2.52. The largest absolute Gasteiger partial charge is 0.376 e. The summed E-state index contributed by atoms with van der Waals surface area (Å²) in [5.74, 6) is 0.178. The van der Waals surface area contributed by atoms with Gasteiger partial charge in [-0.15, -0.1) is 0 Å². The number of ketones is 1. The zero-order chi connectivity index (χ0) is 13.1. The predicted octanol–water partition coefficient (Wildman–Crippen LogP) is 2.17. The highest BCUT2D eigenvalue weighted by Gasteiger charge is 2.27. The van der Waals surface area contributed by atoms with Gasteiger partial charge in [-0.05, 0) is 37.0 Å². The first-order chi connectivity index (χ1) is 8.58. The lowest BCUT2D eigenvalue weighted by atomic mass is 9.80. The van der Waals surface area contributed by atoms with E-state index in [0.717, 1.165) is 24.0 Å². The van der Waals surface area contributed by atoms with Crippen LogP contribution in [0.15, 0.2) is 36.5 Å². The van der Waals surface area contributed by atoms with E-state index < -0.39 is 0 Å². The third kappa shape index (κ3) is 2.76. The molecule has 3 nitrogen and oxygen atoms in total. The van der Waals surface area contributed by atoms with E-state index in [9.17, 15) is 4.79 Å². The fourth-order valence-electron chi connectivity index (χ4n) is 2.38. The highest BCUT2D eigenvalue weighted by atomic mass is 32.1. The van der Waals surface area contributed by atoms with Crippen LogP contribution in [0.4, 0.5) is 0 Å². The lowest BCUT2D eigenvalue weighted by Crippen LogP contribution is -2.31. The number of carbonyl (C=O) groups is 1. The molecule has 1 aromatic rings. The van der Waals surface area contributed by atoms with Crippen molar-refractivity contribution in [3.8, 4) is 0 Å². The molecule has 0 bridgehead atoms. The number of carbonyl (C=O) groups excluding carboxylic acids is 1. The molecule has 0 fully saturated rings. The number of aryl methyl sites for hydroxylation is 1. The standard InChI is InChI=1S/C14H16N2OS/c1-9(16-14(15)18)8-11-7-6-10-4-2-3-5-12(10)13(11)17/h2-5,11H,1,6-8H2,(H3,15,16,18). The first-order valence-corrected chi connectivity index (χ1v) is 6.35. The monoisotopic (exact) mass is 260 g/mol. The number of benzene rings is 1. The van der Waals surface area contributed by atoms with Crippen LogP contribution in [-0.4, -0.2) is 10.9 Å². The Hall–Kier alpha value is -1.68. The van der Waals surface area contributed by atoms with Crippen molar-refractivity contribution < 1.29 is 4.79 Å². The Morgan fingerprint density at radius 1 is 1.50 bits per heavy atom. The number of rotatable bonds is 3. The molecule has 4 heteroatoms. The van der Waals surface area contributed by atoms with E-state index in [-0.39, 0.29) is 16.8 Å². The topological polar surface area (TPSA) is 55.1 Å². The molecule has 1 unspecified atom stereocenters. The number of nitrogens with one attached hydrogen (secondary N) is 1. The maximum Gasteiger partial charge on any atom is 0.167 e. The molecule has 94 valence electrons. The average molecular weight is 260 g/mol. The Labute approximate surface area is 112 Å². The molecule has 0 amide bonds. The van der Waals surface area contributed by atoms with Crippen LogP contribution in [0.25, 0.3) is 0 Å². The molecule has 18 heavy (non-hydrogen) atoms. The average Bonchev–Trinajstić information content (AvgIpc) is 2.32. The molecule has 0 aromatic heterocycles. The van der Waals surface area contributed by atoms with Crippen molar-refractivity contribution in [2.75, 3.05) is 0 Å². The number of hydrogen-bond acceptors (Lipinski definition) is 2. The zero-order valence-electron chi connectivity index (χ0n) is 10.1. The molecule has 1 aliphatic carbocycles. The minimum Gasteiger partial charge on any atom is -0.376 e. The summed E-state index contributed by atoms with van der Waals surface area (Å²) in [5, 5.41) is 2.99. The molecule has 0 heterocycles. The van der Waals surface area contributed by atoms with Crippen LogP contribution in [0, 0.1) is 5.92 Å². The summed E-state index contributed by atoms with van der Waals surface area (Å²) in [6, 6.07) is 7.79. The van der Waals surface area contributed by atoms with Crippen molar-refractivity contribution in [2.45, 2.75) is 19.3 Å². The van der Waals surface area contributed by atoms with Crippen LogP contribution in [0.1, 0.15) is 28.8 Å². The quantitative estimate of drug-likeness (QED) is 0.818. The van der Waals surface area contributed by atoms with Gasteiger partial charge in [0, 0.05) is 17.2 Å². The van der Waals surface area contributed by atoms with Crippen molar-refractivity contribution in [2.24, 2.45) is 11.7 Å². The van der Waals surface area contributed by atoms with Crippen LogP contribution in [0.2, 0.25) is 0 Å². The third-order valence-corrected chi connectivity index (χ3v) is 3.31. The molecule has 1 aromatic carbocycles. The Morgan fingerprint density at radius 2 is 2.22 bits per heavy atom. The van der Waals surface area contributed by atoms with Crippen LogP contribution in [0.3, 0.4) is 0 Å². The molecule has 3 N–H and O–H groups in total. The first-order valence-electron chi connectivity index (χ1n) is 5.94. The van der Waals surface area contributed by atoms with Crippen LogP contribution >= 0.6 is 12.2 Å². The molecule has 0 radical (unpaired) electrons. The van der Waals surface area contributed by atoms with Gasteiger partial charge in [0.25, 0.3) is 0 Å². The highest BCUT2D eigenvalue weighted by Crippen LogP contribution is 2.28. The van der Waals surface area contributed by atoms with E-state index in [1.165, 1.54) is 0 Å². The minimum absolute atomic E-state index is 0.0192. The van der Waals surface area contributed by atoms with Crippen molar-refractivity contribution >= 4 is 23.1 Å². The first kappa shape index (κ1) is 12.8. The van der Waals surface area contributed by atoms with Gasteiger partial charge in [0.05, 0.1) is 0 Å². The fraction of sp³-hybridized carbons (Fsp3) is 0.286. The van der Waals surface area contributed by atoms with Gasteiger partial charge in [-0.2, -0.15) is 0 Å². The number of hydrogen-bond donors (Lipinski definition) is 2. The summed E-state index contributed by atoms with van der Waals surface area (Å²) < 4.78 is 0. The Balaban J connectivity index is 2.08. The Bertz CT molecular complexity index is 510. The second-order valence-corrected chi connectivity index (χ2v) is 4.99. The van der Waals surface area contributed by atoms with Gasteiger partial charge in [-0.25, -0.2) is 0 Å². The predicted molar refractivity (Wildman–Crippen MR) is 76.3 cm³/mol. The Kier molecular flexibility index (Phi) is 3.77. The highest BCUT2D eigenvalue weighted by molar-refractivity contribution is 7.80. The Morgan fingerprint density at radius 3 is 2.94 bits per heavy atom. The third-order valence-electron chi connectivity index (χ3n) is 3.21. The number of allylic oxidation sites excluding steroid dienone is 1. The van der Waals surface area contributed by atoms with Crippen molar-refractivity contribution in [1.82, 2.24) is 5.32 Å². The van der Waals surface area contributed by atoms with Gasteiger partial charge in [-0.1, -0.05) is 30.8 Å². The molecular weight excluding hydrogens is 244 g/mol. The minimum atomic E-state index is -0.0192. The lowest BCUT2D eigenvalue weighted by Gasteiger charge is -2.24. The maximum atomic E-state index is 12.3. The summed E-state index contributed by atoms with van der Waals surface area (Å²) in [7, 11) is 0. The van der Waals surface area contributed by atoms with Crippen LogP contribution in [-0.2, 0) is 6.42 Å². The van der Waals surface area contributed by atoms with Gasteiger partial charge >= 0.3 is 0 Å². The summed E-state index contributed by atoms with van der Waals surface area (Å²) >= 11 is 4.75. The van der Waals surface area contributed by atoms with Gasteiger partial charge in [-0.3, -0.25) is 4.79 Å². The van der Waals surface area contributed by atoms with Crippen molar-refractivity contribution in [1.29, 1.82) is 0 Å². The smallest absolute Gasteiger partial charge is 0.167 e. The SMILES string of the molecule is C=C(CC1CCc2ccccc2C1=O)NC(N)=S. The summed E-state index contributed by atoms with van der Waals surface area (Å²) in [4.78, 5) is 12.3. The van der Waals surface area contributed by atoms with Crippen molar-refractivity contribution in [3.63, 3.8) is 0 Å². The van der Waals surface area contributed by atoms with E-state index in [0.29, 0.717) is 12.1 Å². The van der Waals surface area contributed by atoms with E-state index >= 15 is 0 Å². The maximum absolute atomic E-state index is 12.3. The molecule has 1 aliphatic rings. The van der Waals surface area contributed by atoms with Gasteiger partial charge in [0.1, 0.15) is 0 Å². The summed E-state index contributed by atoms with van der Waals surface area (Å²) in [6.07, 6.45) is 2.38. The molecule has 0 spiro atoms. The van der Waals surface area contributed by atoms with Gasteiger partial charge in [0.15, 0.2) is 10.9 Å². The summed E-state index contributed by atoms with van der Waals surface area (Å²) in [6.45, 7) is 3.85. The number of nitrogens with two attached hydrogens (primary N) is 1. The number of Topliss-reactive ketones (excluding diaryl/α,β-unsaturated/α-hetero) is 1. The van der Waals surface area contributed by atoms with Gasteiger partial charge in [0.2, 0.25) is 0 Å². The second-order valence-electron chi connectivity index (χ2n) is 4.55. The second kappa shape index (κ2) is 5.31. The van der Waals surface area contributed by atoms with E-state index in [1.54, 1.807) is 0 Å². The normalized spacial score (nSPS) is 18.0. The van der Waals surface area contributed by atoms with Crippen LogP contribution in [0.5, 0.6) is 0 Å². The van der Waals surface area contributed by atoms with E-state index in [1.807, 2.05) is 24.3 Å². The molecule has 0 saturated heterocycles. The zero-order valence-corrected chi connectivity index (χ0v) is 10.9. The number of fused-ring (bicyclic) bond motifs is 1. The molecule has 0 saturated carbocycles.